The van der Waals surface area contributed by atoms with Crippen LogP contribution in [-0.2, 0) is 26.2 Å². The van der Waals surface area contributed by atoms with Gasteiger partial charge in [0, 0.05) is 12.6 Å². The van der Waals surface area contributed by atoms with Gasteiger partial charge in [-0.1, -0.05) is 67.6 Å². The number of amides is 2. The van der Waals surface area contributed by atoms with Crippen LogP contribution in [-0.4, -0.2) is 43.8 Å². The molecule has 3 aromatic carbocycles. The van der Waals surface area contributed by atoms with E-state index in [9.17, 15) is 22.4 Å². The molecule has 0 saturated heterocycles. The molecule has 2 amide bonds. The molecule has 0 fully saturated rings. The standard InChI is InChI=1S/C28H32FN3O4S/c1-4-21(2)30-28(34)22(3)31(19-23-13-7-5-8-14-23)27(33)20-32(26-18-12-11-17-25(26)29)37(35,36)24-15-9-6-10-16-24/h5-18,21-22H,4,19-20H2,1-3H3,(H,30,34)/t21-,22+/m1/s1. The first kappa shape index (κ1) is 27.9. The molecule has 7 nitrogen and oxygen atoms in total. The highest BCUT2D eigenvalue weighted by atomic mass is 32.2. The Balaban J connectivity index is 2.01. The number of sulfonamides is 1. The summed E-state index contributed by atoms with van der Waals surface area (Å²) in [5.41, 5.74) is 0.512. The minimum Gasteiger partial charge on any atom is -0.352 e. The summed E-state index contributed by atoms with van der Waals surface area (Å²) < 4.78 is 42.8. The van der Waals surface area contributed by atoms with Crippen LogP contribution in [0, 0.1) is 5.82 Å². The fourth-order valence-corrected chi connectivity index (χ4v) is 5.16. The molecule has 0 aromatic heterocycles. The van der Waals surface area contributed by atoms with Gasteiger partial charge in [-0.2, -0.15) is 0 Å². The Kier molecular flexibility index (Phi) is 9.41. The zero-order valence-electron chi connectivity index (χ0n) is 21.2. The van der Waals surface area contributed by atoms with Crippen LogP contribution >= 0.6 is 0 Å². The summed E-state index contributed by atoms with van der Waals surface area (Å²) >= 11 is 0. The first-order valence-corrected chi connectivity index (χ1v) is 13.5. The normalized spacial score (nSPS) is 12.9. The number of halogens is 1. The number of nitrogens with zero attached hydrogens (tertiary/aromatic N) is 2. The molecule has 3 aromatic rings. The average Bonchev–Trinajstić information content (AvgIpc) is 2.91. The highest BCUT2D eigenvalue weighted by Crippen LogP contribution is 2.26. The van der Waals surface area contributed by atoms with Crippen LogP contribution in [0.15, 0.2) is 89.8 Å². The molecular weight excluding hydrogens is 493 g/mol. The van der Waals surface area contributed by atoms with Gasteiger partial charge in [0.2, 0.25) is 11.8 Å². The molecule has 37 heavy (non-hydrogen) atoms. The van der Waals surface area contributed by atoms with Crippen molar-refractivity contribution >= 4 is 27.5 Å². The van der Waals surface area contributed by atoms with Crippen molar-refractivity contribution in [2.24, 2.45) is 0 Å². The number of benzene rings is 3. The number of carbonyl (C=O) groups excluding carboxylic acids is 2. The summed E-state index contributed by atoms with van der Waals surface area (Å²) in [4.78, 5) is 28.0. The maximum atomic E-state index is 14.9. The summed E-state index contributed by atoms with van der Waals surface area (Å²) in [5, 5.41) is 2.88. The second kappa shape index (κ2) is 12.5. The van der Waals surface area contributed by atoms with Gasteiger partial charge in [-0.15, -0.1) is 0 Å². The second-order valence-electron chi connectivity index (χ2n) is 8.78. The first-order chi connectivity index (χ1) is 17.6. The molecule has 196 valence electrons. The van der Waals surface area contributed by atoms with E-state index in [2.05, 4.69) is 5.32 Å². The van der Waals surface area contributed by atoms with Crippen LogP contribution in [0.25, 0.3) is 0 Å². The summed E-state index contributed by atoms with van der Waals surface area (Å²) in [6, 6.07) is 21.0. The van der Waals surface area contributed by atoms with E-state index in [4.69, 9.17) is 0 Å². The average molecular weight is 526 g/mol. The van der Waals surface area contributed by atoms with Crippen LogP contribution in [0.3, 0.4) is 0 Å². The molecule has 0 aliphatic rings. The van der Waals surface area contributed by atoms with E-state index in [1.54, 1.807) is 25.1 Å². The monoisotopic (exact) mass is 525 g/mol. The zero-order chi connectivity index (χ0) is 27.0. The highest BCUT2D eigenvalue weighted by molar-refractivity contribution is 7.92. The Morgan fingerprint density at radius 1 is 0.892 bits per heavy atom. The maximum absolute atomic E-state index is 14.9. The lowest BCUT2D eigenvalue weighted by molar-refractivity contribution is -0.139. The van der Waals surface area contributed by atoms with Gasteiger partial charge in [0.05, 0.1) is 10.6 Å². The zero-order valence-corrected chi connectivity index (χ0v) is 22.0. The van der Waals surface area contributed by atoms with Gasteiger partial charge in [0.1, 0.15) is 18.4 Å². The Morgan fingerprint density at radius 2 is 1.46 bits per heavy atom. The predicted octanol–water partition coefficient (Wildman–Crippen LogP) is 4.35. The molecule has 0 unspecified atom stereocenters. The molecule has 0 saturated carbocycles. The number of carbonyl (C=O) groups is 2. The van der Waals surface area contributed by atoms with Crippen molar-refractivity contribution in [3.63, 3.8) is 0 Å². The molecule has 0 heterocycles. The van der Waals surface area contributed by atoms with E-state index >= 15 is 0 Å². The molecule has 0 aliphatic carbocycles. The Bertz CT molecular complexity index is 1300. The van der Waals surface area contributed by atoms with Crippen LogP contribution in [0.5, 0.6) is 0 Å². The van der Waals surface area contributed by atoms with Crippen molar-refractivity contribution < 1.29 is 22.4 Å². The first-order valence-electron chi connectivity index (χ1n) is 12.1. The minimum atomic E-state index is -4.30. The number of hydrogen-bond donors (Lipinski definition) is 1. The van der Waals surface area contributed by atoms with Crippen molar-refractivity contribution in [2.75, 3.05) is 10.8 Å². The van der Waals surface area contributed by atoms with Crippen molar-refractivity contribution in [1.29, 1.82) is 0 Å². The van der Waals surface area contributed by atoms with Gasteiger partial charge in [0.25, 0.3) is 10.0 Å². The predicted molar refractivity (Wildman–Crippen MR) is 142 cm³/mol. The minimum absolute atomic E-state index is 0.0747. The Labute approximate surface area is 218 Å². The van der Waals surface area contributed by atoms with Gasteiger partial charge >= 0.3 is 0 Å². The summed E-state index contributed by atoms with van der Waals surface area (Å²) in [6.07, 6.45) is 0.710. The molecule has 0 bridgehead atoms. The fourth-order valence-electron chi connectivity index (χ4n) is 3.72. The quantitative estimate of drug-likeness (QED) is 0.403. The van der Waals surface area contributed by atoms with E-state index in [1.807, 2.05) is 44.2 Å². The third-order valence-electron chi connectivity index (χ3n) is 6.10. The molecule has 3 rings (SSSR count). The molecule has 1 N–H and O–H groups in total. The van der Waals surface area contributed by atoms with E-state index in [0.717, 1.165) is 15.9 Å². The molecule has 0 radical (unpaired) electrons. The Hall–Kier alpha value is -3.72. The van der Waals surface area contributed by atoms with Crippen molar-refractivity contribution in [1.82, 2.24) is 10.2 Å². The van der Waals surface area contributed by atoms with Crippen LogP contribution < -0.4 is 9.62 Å². The van der Waals surface area contributed by atoms with E-state index in [0.29, 0.717) is 6.42 Å². The van der Waals surface area contributed by atoms with Crippen LogP contribution in [0.2, 0.25) is 0 Å². The van der Waals surface area contributed by atoms with Crippen molar-refractivity contribution in [2.45, 2.75) is 50.7 Å². The van der Waals surface area contributed by atoms with Crippen LogP contribution in [0.4, 0.5) is 10.1 Å². The van der Waals surface area contributed by atoms with Crippen molar-refractivity contribution in [3.05, 3.63) is 96.3 Å². The molecular formula is C28H32FN3O4S. The SMILES string of the molecule is CC[C@@H](C)NC(=O)[C@H](C)N(Cc1ccccc1)C(=O)CN(c1ccccc1F)S(=O)(=O)c1ccccc1. The lowest BCUT2D eigenvalue weighted by Crippen LogP contribution is -2.52. The van der Waals surface area contributed by atoms with Gasteiger partial charge < -0.3 is 10.2 Å². The fraction of sp³-hybridized carbons (Fsp3) is 0.286. The van der Waals surface area contributed by atoms with Gasteiger partial charge in [-0.05, 0) is 50.1 Å². The summed E-state index contributed by atoms with van der Waals surface area (Å²) in [5.74, 6) is -1.78. The largest absolute Gasteiger partial charge is 0.352 e. The lowest BCUT2D eigenvalue weighted by Gasteiger charge is -2.32. The van der Waals surface area contributed by atoms with Crippen molar-refractivity contribution in [3.8, 4) is 0 Å². The second-order valence-corrected chi connectivity index (χ2v) is 10.6. The third-order valence-corrected chi connectivity index (χ3v) is 7.87. The van der Waals surface area contributed by atoms with E-state index in [-0.39, 0.29) is 29.1 Å². The van der Waals surface area contributed by atoms with Gasteiger partial charge in [0.15, 0.2) is 0 Å². The smallest absolute Gasteiger partial charge is 0.264 e. The van der Waals surface area contributed by atoms with Gasteiger partial charge in [-0.25, -0.2) is 12.8 Å². The number of nitrogens with one attached hydrogen (secondary N) is 1. The number of anilines is 1. The molecule has 9 heteroatoms. The number of rotatable bonds is 11. The maximum Gasteiger partial charge on any atom is 0.264 e. The van der Waals surface area contributed by atoms with Crippen LogP contribution in [0.1, 0.15) is 32.8 Å². The topological polar surface area (TPSA) is 86.8 Å². The molecule has 0 aliphatic heterocycles. The summed E-state index contributed by atoms with van der Waals surface area (Å²) in [7, 11) is -4.30. The van der Waals surface area contributed by atoms with Gasteiger partial charge in [-0.3, -0.25) is 13.9 Å². The highest BCUT2D eigenvalue weighted by Gasteiger charge is 2.33. The molecule has 2 atom stereocenters. The third kappa shape index (κ3) is 6.95. The number of para-hydroxylation sites is 1. The summed E-state index contributed by atoms with van der Waals surface area (Å²) in [6.45, 7) is 4.78. The lowest BCUT2D eigenvalue weighted by atomic mass is 10.1. The molecule has 0 spiro atoms. The number of hydrogen-bond acceptors (Lipinski definition) is 4. The Morgan fingerprint density at radius 3 is 2.05 bits per heavy atom. The van der Waals surface area contributed by atoms with E-state index in [1.165, 1.54) is 35.2 Å². The van der Waals surface area contributed by atoms with E-state index < -0.39 is 34.3 Å².